The van der Waals surface area contributed by atoms with Crippen molar-refractivity contribution in [2.75, 3.05) is 0 Å². The van der Waals surface area contributed by atoms with Gasteiger partial charge in [-0.05, 0) is 52.9 Å². The quantitative estimate of drug-likeness (QED) is 0.501. The van der Waals surface area contributed by atoms with Gasteiger partial charge in [0.1, 0.15) is 5.82 Å². The van der Waals surface area contributed by atoms with Crippen molar-refractivity contribution < 1.29 is 19.1 Å². The minimum Gasteiger partial charge on any atom is -0.494 e. The molecular weight excluding hydrogens is 412 g/mol. The summed E-state index contributed by atoms with van der Waals surface area (Å²) in [6, 6.07) is 10.6. The molecule has 0 spiro atoms. The van der Waals surface area contributed by atoms with Gasteiger partial charge in [-0.2, -0.15) is 0 Å². The summed E-state index contributed by atoms with van der Waals surface area (Å²) in [7, 11) is 0. The Hall–Kier alpha value is -2.22. The third kappa shape index (κ3) is 2.63. The first kappa shape index (κ1) is 15.7. The van der Waals surface area contributed by atoms with Crippen LogP contribution in [0.5, 0.6) is 5.88 Å². The highest BCUT2D eigenvalue weighted by Gasteiger charge is 2.25. The number of rotatable bonds is 2. The summed E-state index contributed by atoms with van der Waals surface area (Å²) >= 11 is 2.08. The molecule has 1 heterocycles. The molecule has 4 nitrogen and oxygen atoms in total. The normalized spacial score (nSPS) is 10.9. The summed E-state index contributed by atoms with van der Waals surface area (Å²) in [6.45, 7) is 1.24. The number of hydrogen-bond donors (Lipinski definition) is 1. The maximum atomic E-state index is 13.5. The van der Waals surface area contributed by atoms with Crippen LogP contribution in [-0.4, -0.2) is 21.4 Å². The van der Waals surface area contributed by atoms with E-state index in [0.29, 0.717) is 10.9 Å². The molecule has 116 valence electrons. The highest BCUT2D eigenvalue weighted by molar-refractivity contribution is 14.1. The van der Waals surface area contributed by atoms with Gasteiger partial charge < -0.3 is 5.11 Å². The number of fused-ring (bicyclic) bond motifs is 1. The minimum atomic E-state index is -0.550. The number of benzene rings is 2. The zero-order chi connectivity index (χ0) is 16.7. The van der Waals surface area contributed by atoms with Crippen LogP contribution in [-0.2, 0) is 0 Å². The summed E-state index contributed by atoms with van der Waals surface area (Å²) in [5, 5.41) is 10.7. The van der Waals surface area contributed by atoms with Crippen LogP contribution < -0.4 is 0 Å². The maximum Gasteiger partial charge on any atom is 0.230 e. The number of aromatic hydroxyl groups is 1. The van der Waals surface area contributed by atoms with Gasteiger partial charge >= 0.3 is 0 Å². The van der Waals surface area contributed by atoms with E-state index in [1.165, 1.54) is 19.1 Å². The lowest BCUT2D eigenvalue weighted by molar-refractivity contribution is 0.0933. The Morgan fingerprint density at radius 2 is 1.91 bits per heavy atom. The summed E-state index contributed by atoms with van der Waals surface area (Å²) in [6.07, 6.45) is 0. The lowest BCUT2D eigenvalue weighted by Crippen LogP contribution is -2.06. The minimum absolute atomic E-state index is 0.00259. The molecule has 0 amide bonds. The Morgan fingerprint density at radius 3 is 2.57 bits per heavy atom. The zero-order valence-electron chi connectivity index (χ0n) is 12.0. The molecule has 23 heavy (non-hydrogen) atoms. The second-order valence-electron chi connectivity index (χ2n) is 5.05. The number of ketones is 1. The number of nitrogens with zero attached hydrogens (tertiary/aromatic N) is 1. The molecule has 0 aliphatic carbocycles. The summed E-state index contributed by atoms with van der Waals surface area (Å²) in [5.74, 6) is -1.94. The second kappa shape index (κ2) is 5.77. The van der Waals surface area contributed by atoms with Crippen LogP contribution in [0.4, 0.5) is 4.39 Å². The van der Waals surface area contributed by atoms with Gasteiger partial charge in [0.2, 0.25) is 11.8 Å². The predicted molar refractivity (Wildman–Crippen MR) is 92.5 cm³/mol. The largest absolute Gasteiger partial charge is 0.494 e. The molecule has 1 aromatic heterocycles. The van der Waals surface area contributed by atoms with E-state index >= 15 is 0 Å². The molecule has 3 aromatic rings. The smallest absolute Gasteiger partial charge is 0.230 e. The van der Waals surface area contributed by atoms with Gasteiger partial charge in [-0.3, -0.25) is 9.59 Å². The number of aromatic nitrogens is 1. The van der Waals surface area contributed by atoms with E-state index in [4.69, 9.17) is 0 Å². The second-order valence-corrected chi connectivity index (χ2v) is 6.30. The number of carbonyl (C=O) groups excluding carboxylic acids is 2. The van der Waals surface area contributed by atoms with Gasteiger partial charge in [0.05, 0.1) is 11.1 Å². The highest BCUT2D eigenvalue weighted by atomic mass is 127. The Morgan fingerprint density at radius 1 is 1.17 bits per heavy atom. The van der Waals surface area contributed by atoms with Crippen molar-refractivity contribution in [1.29, 1.82) is 0 Å². The average Bonchev–Trinajstić information content (AvgIpc) is 2.77. The Bertz CT molecular complexity index is 962. The van der Waals surface area contributed by atoms with Crippen molar-refractivity contribution in [3.63, 3.8) is 0 Å². The van der Waals surface area contributed by atoms with E-state index in [1.54, 1.807) is 18.2 Å². The molecule has 0 atom stereocenters. The van der Waals surface area contributed by atoms with Crippen LogP contribution in [0.25, 0.3) is 10.9 Å². The average molecular weight is 423 g/mol. The molecule has 1 N–H and O–H groups in total. The molecule has 0 saturated carbocycles. The fourth-order valence-electron chi connectivity index (χ4n) is 2.56. The Labute approximate surface area is 144 Å². The van der Waals surface area contributed by atoms with E-state index in [2.05, 4.69) is 22.6 Å². The number of hydrogen-bond acceptors (Lipinski definition) is 3. The van der Waals surface area contributed by atoms with Crippen molar-refractivity contribution in [3.8, 4) is 5.88 Å². The fraction of sp³-hybridized carbons (Fsp3) is 0.0588. The van der Waals surface area contributed by atoms with Crippen LogP contribution in [0, 0.1) is 9.39 Å². The first-order chi connectivity index (χ1) is 10.9. The molecule has 0 bridgehead atoms. The van der Waals surface area contributed by atoms with Crippen LogP contribution in [0.1, 0.15) is 27.6 Å². The molecule has 0 aliphatic heterocycles. The topological polar surface area (TPSA) is 59.3 Å². The third-order valence-corrected chi connectivity index (χ3v) is 4.21. The lowest BCUT2D eigenvalue weighted by Gasteiger charge is -2.03. The van der Waals surface area contributed by atoms with Gasteiger partial charge in [0, 0.05) is 21.4 Å². The van der Waals surface area contributed by atoms with E-state index in [0.717, 1.165) is 14.2 Å². The lowest BCUT2D eigenvalue weighted by atomic mass is 10.0. The van der Waals surface area contributed by atoms with E-state index in [1.807, 2.05) is 6.07 Å². The van der Waals surface area contributed by atoms with Gasteiger partial charge in [-0.25, -0.2) is 8.96 Å². The predicted octanol–water partition coefficient (Wildman–Crippen LogP) is 3.98. The van der Waals surface area contributed by atoms with Crippen LogP contribution in [0.3, 0.4) is 0 Å². The Kier molecular flexibility index (Phi) is 3.93. The van der Waals surface area contributed by atoms with E-state index in [9.17, 15) is 19.1 Å². The molecule has 6 heteroatoms. The van der Waals surface area contributed by atoms with Gasteiger partial charge in [-0.1, -0.05) is 12.1 Å². The standard InChI is InChI=1S/C17H11FINO3/c1-9(21)20-14-8-11(18)5-6-13(14)15(17(20)23)16(22)10-3-2-4-12(19)7-10/h2-8,23H,1H3. The van der Waals surface area contributed by atoms with Crippen LogP contribution >= 0.6 is 22.6 Å². The van der Waals surface area contributed by atoms with Crippen molar-refractivity contribution in [1.82, 2.24) is 4.57 Å². The van der Waals surface area contributed by atoms with Crippen molar-refractivity contribution >= 4 is 45.2 Å². The maximum absolute atomic E-state index is 13.5. The molecule has 0 fully saturated rings. The van der Waals surface area contributed by atoms with Gasteiger partial charge in [-0.15, -0.1) is 0 Å². The summed E-state index contributed by atoms with van der Waals surface area (Å²) in [5.41, 5.74) is 0.556. The van der Waals surface area contributed by atoms with Crippen LogP contribution in [0.15, 0.2) is 42.5 Å². The highest BCUT2D eigenvalue weighted by Crippen LogP contribution is 2.33. The summed E-state index contributed by atoms with van der Waals surface area (Å²) in [4.78, 5) is 24.6. The third-order valence-electron chi connectivity index (χ3n) is 3.53. The molecule has 2 aromatic carbocycles. The monoisotopic (exact) mass is 423 g/mol. The van der Waals surface area contributed by atoms with Crippen molar-refractivity contribution in [2.24, 2.45) is 0 Å². The molecular formula is C17H11FINO3. The van der Waals surface area contributed by atoms with Gasteiger partial charge in [0.15, 0.2) is 5.78 Å². The van der Waals surface area contributed by atoms with Crippen LogP contribution in [0.2, 0.25) is 0 Å². The first-order valence-corrected chi connectivity index (χ1v) is 7.82. The van der Waals surface area contributed by atoms with E-state index < -0.39 is 23.4 Å². The van der Waals surface area contributed by atoms with Crippen molar-refractivity contribution in [3.05, 3.63) is 63.0 Å². The molecule has 0 aliphatic rings. The first-order valence-electron chi connectivity index (χ1n) is 6.74. The van der Waals surface area contributed by atoms with Crippen molar-refractivity contribution in [2.45, 2.75) is 6.92 Å². The fourth-order valence-corrected chi connectivity index (χ4v) is 3.11. The molecule has 0 unspecified atom stereocenters. The Balaban J connectivity index is 2.31. The summed E-state index contributed by atoms with van der Waals surface area (Å²) < 4.78 is 15.3. The van der Waals surface area contributed by atoms with E-state index in [-0.39, 0.29) is 11.1 Å². The molecule has 3 rings (SSSR count). The number of carbonyl (C=O) groups is 2. The zero-order valence-corrected chi connectivity index (χ0v) is 14.2. The van der Waals surface area contributed by atoms with Gasteiger partial charge in [0.25, 0.3) is 0 Å². The molecule has 0 radical (unpaired) electrons. The number of halogens is 2. The SMILES string of the molecule is CC(=O)n1c(O)c(C(=O)c2cccc(I)c2)c2ccc(F)cc21. The molecule has 0 saturated heterocycles.